The van der Waals surface area contributed by atoms with E-state index >= 15 is 0 Å². The maximum Gasteiger partial charge on any atom is 0.244 e. The number of fused-ring (bicyclic) bond motifs is 1. The van der Waals surface area contributed by atoms with Gasteiger partial charge < -0.3 is 54.1 Å². The summed E-state index contributed by atoms with van der Waals surface area (Å²) >= 11 is 4.57. The van der Waals surface area contributed by atoms with E-state index in [4.69, 9.17) is 17.2 Å². The minimum Gasteiger partial charge on any atom is -0.376 e. The lowest BCUT2D eigenvalue weighted by Gasteiger charge is -2.25. The summed E-state index contributed by atoms with van der Waals surface area (Å²) in [7, 11) is 1.82. The summed E-state index contributed by atoms with van der Waals surface area (Å²) < 4.78 is 0. The Kier molecular flexibility index (Phi) is 25.3. The van der Waals surface area contributed by atoms with E-state index in [-0.39, 0.29) is 56.1 Å². The van der Waals surface area contributed by atoms with Gasteiger partial charge in [0, 0.05) is 66.4 Å². The predicted octanol–water partition coefficient (Wildman–Crippen LogP) is 1.04. The number of aromatic nitrogens is 1. The van der Waals surface area contributed by atoms with Gasteiger partial charge in [0.25, 0.3) is 0 Å². The maximum absolute atomic E-state index is 13.3. The minimum atomic E-state index is -0.944. The number of nitrogens with two attached hydrogens (primary N) is 3. The van der Waals surface area contributed by atoms with Crippen molar-refractivity contribution in [1.29, 1.82) is 0 Å². The fourth-order valence-electron chi connectivity index (χ4n) is 4.36. The minimum absolute atomic E-state index is 0.0488. The van der Waals surface area contributed by atoms with Crippen LogP contribution >= 0.6 is 12.6 Å². The monoisotopic (exact) mass is 748 g/mol. The zero-order chi connectivity index (χ0) is 39.6. The number of aromatic amines is 1. The highest BCUT2D eigenvalue weighted by Crippen LogP contribution is 2.19. The van der Waals surface area contributed by atoms with Crippen molar-refractivity contribution in [2.75, 3.05) is 26.7 Å². The summed E-state index contributed by atoms with van der Waals surface area (Å²) in [5.74, 6) is -2.12. The van der Waals surface area contributed by atoms with Crippen LogP contribution in [0.1, 0.15) is 78.7 Å². The molecule has 15 nitrogen and oxygen atoms in total. The van der Waals surface area contributed by atoms with Crippen molar-refractivity contribution < 1.29 is 24.0 Å². The molecule has 0 saturated heterocycles. The fourth-order valence-corrected chi connectivity index (χ4v) is 4.67. The van der Waals surface area contributed by atoms with Crippen molar-refractivity contribution in [3.63, 3.8) is 0 Å². The Morgan fingerprint density at radius 2 is 1.54 bits per heavy atom. The van der Waals surface area contributed by atoms with Gasteiger partial charge in [0.05, 0.1) is 12.7 Å². The Morgan fingerprint density at radius 3 is 2.10 bits per heavy atom. The van der Waals surface area contributed by atoms with Gasteiger partial charge in [-0.3, -0.25) is 24.0 Å². The average molecular weight is 749 g/mol. The van der Waals surface area contributed by atoms with E-state index in [2.05, 4.69) is 69.9 Å². The summed E-state index contributed by atoms with van der Waals surface area (Å²) in [5.41, 5.74) is 18.5. The molecule has 0 aliphatic heterocycles. The molecule has 5 unspecified atom stereocenters. The molecule has 0 aliphatic rings. The zero-order valence-electron chi connectivity index (χ0n) is 31.8. The number of para-hydroxylation sites is 1. The third kappa shape index (κ3) is 21.3. The predicted molar refractivity (Wildman–Crippen MR) is 212 cm³/mol. The highest BCUT2D eigenvalue weighted by molar-refractivity contribution is 7.81. The summed E-state index contributed by atoms with van der Waals surface area (Å²) in [4.78, 5) is 64.3. The Morgan fingerprint density at radius 1 is 0.904 bits per heavy atom. The van der Waals surface area contributed by atoms with Crippen molar-refractivity contribution in [1.82, 2.24) is 36.9 Å². The van der Waals surface area contributed by atoms with Crippen LogP contribution in [0.2, 0.25) is 0 Å². The number of carbonyl (C=O) groups excluding carboxylic acids is 5. The molecule has 1 heterocycles. The van der Waals surface area contributed by atoms with Crippen molar-refractivity contribution in [2.45, 2.75) is 109 Å². The van der Waals surface area contributed by atoms with Crippen LogP contribution in [0.4, 0.5) is 0 Å². The van der Waals surface area contributed by atoms with E-state index in [1.165, 1.54) is 12.8 Å². The van der Waals surface area contributed by atoms with E-state index in [0.29, 0.717) is 18.7 Å². The molecule has 1 aromatic carbocycles. The molecule has 5 atom stereocenters. The maximum atomic E-state index is 13.3. The summed E-state index contributed by atoms with van der Waals surface area (Å²) in [6.07, 6.45) is 5.50. The van der Waals surface area contributed by atoms with Crippen molar-refractivity contribution >= 4 is 53.1 Å². The van der Waals surface area contributed by atoms with Crippen molar-refractivity contribution in [2.24, 2.45) is 17.2 Å². The number of benzene rings is 1. The molecular weight excluding hydrogens is 685 g/mol. The number of rotatable bonds is 21. The van der Waals surface area contributed by atoms with E-state index in [1.54, 1.807) is 13.1 Å². The van der Waals surface area contributed by atoms with Crippen LogP contribution in [0.3, 0.4) is 0 Å². The van der Waals surface area contributed by atoms with Gasteiger partial charge in [-0.15, -0.1) is 0 Å². The van der Waals surface area contributed by atoms with Crippen LogP contribution in [0.15, 0.2) is 42.7 Å². The zero-order valence-corrected chi connectivity index (χ0v) is 32.7. The number of hydrogen-bond acceptors (Lipinski definition) is 10. The van der Waals surface area contributed by atoms with E-state index in [1.807, 2.05) is 45.2 Å². The van der Waals surface area contributed by atoms with E-state index in [9.17, 15) is 24.0 Å². The highest BCUT2D eigenvalue weighted by Gasteiger charge is 2.25. The fraction of sp³-hybridized carbons (Fsp3) is 0.583. The first-order valence-corrected chi connectivity index (χ1v) is 18.4. The van der Waals surface area contributed by atoms with E-state index < -0.39 is 41.8 Å². The molecule has 5 amide bonds. The van der Waals surface area contributed by atoms with Gasteiger partial charge in [-0.05, 0) is 52.3 Å². The quantitative estimate of drug-likeness (QED) is 0.0644. The normalized spacial score (nSPS) is 13.3. The second-order valence-corrected chi connectivity index (χ2v) is 13.2. The summed E-state index contributed by atoms with van der Waals surface area (Å²) in [6, 6.07) is 5.54. The molecule has 2 rings (SSSR count). The standard InChI is InChI=1S/C29H44N8O5S.C4H10.C3H10N2/c1-4-32-29(42)27(18(3)30)36-17(2)12-20(43)15-35-28(41)23(13-19-14-33-22-9-6-5-8-21(19)22)37-26(40)16-34-25(39)11-7-10-24(31)38;1-3-4-2;1-3(4)5-2/h5-6,8-9,14,18,20,23,27,33,36,43H,2,4,7,10-13,15-16,30H2,1,3H3,(H2,31,38)(H,32,42)(H,34,39)(H,35,41)(H,37,40);3-4H2,1-2H3;3,5H,4H2,1-2H3. The van der Waals surface area contributed by atoms with Crippen molar-refractivity contribution in [3.8, 4) is 0 Å². The molecule has 52 heavy (non-hydrogen) atoms. The Labute approximate surface area is 314 Å². The largest absolute Gasteiger partial charge is 0.376 e. The van der Waals surface area contributed by atoms with Gasteiger partial charge in [0.15, 0.2) is 0 Å². The van der Waals surface area contributed by atoms with Crippen LogP contribution in [-0.4, -0.2) is 90.7 Å². The third-order valence-electron chi connectivity index (χ3n) is 7.49. The van der Waals surface area contributed by atoms with Crippen LogP contribution in [-0.2, 0) is 30.4 Å². The Bertz CT molecular complexity index is 1380. The molecule has 1 aromatic heterocycles. The molecule has 16 heteroatoms. The number of H-pyrrole nitrogens is 1. The molecule has 0 saturated carbocycles. The number of thiol groups is 1. The number of unbranched alkanes of at least 4 members (excludes halogenated alkanes) is 1. The third-order valence-corrected chi connectivity index (χ3v) is 7.86. The number of nitrogens with one attached hydrogen (secondary N) is 7. The number of carbonyl (C=O) groups is 5. The SMILES string of the molecule is C=C(CC(S)CNC(=O)C(Cc1c[nH]c2ccccc12)NC(=O)CNC(=O)CCCC(N)=O)NC(C(=O)NCC)C(C)N.CCCC.CNC(C)N. The van der Waals surface area contributed by atoms with Gasteiger partial charge >= 0.3 is 0 Å². The molecule has 294 valence electrons. The molecule has 0 bridgehead atoms. The average Bonchev–Trinajstić information content (AvgIpc) is 3.51. The Hall–Kier alpha value is -4.12. The Balaban J connectivity index is 0.00000257. The first-order chi connectivity index (χ1) is 24.6. The van der Waals surface area contributed by atoms with Gasteiger partial charge in [0.2, 0.25) is 29.5 Å². The van der Waals surface area contributed by atoms with Crippen LogP contribution in [0.5, 0.6) is 0 Å². The van der Waals surface area contributed by atoms with Gasteiger partial charge in [-0.25, -0.2) is 0 Å². The lowest BCUT2D eigenvalue weighted by molar-refractivity contribution is -0.129. The molecule has 13 N–H and O–H groups in total. The summed E-state index contributed by atoms with van der Waals surface area (Å²) in [5, 5.41) is 17.2. The van der Waals surface area contributed by atoms with Gasteiger partial charge in [-0.2, -0.15) is 12.6 Å². The number of primary amides is 1. The second-order valence-electron chi connectivity index (χ2n) is 12.4. The second kappa shape index (κ2) is 27.5. The summed E-state index contributed by atoms with van der Waals surface area (Å²) in [6.45, 7) is 14.1. The molecule has 0 aliphatic carbocycles. The molecule has 0 radical (unpaired) electrons. The molecular formula is C36H64N10O5S. The molecule has 0 spiro atoms. The first kappa shape index (κ1) is 47.9. The van der Waals surface area contributed by atoms with Crippen LogP contribution in [0, 0.1) is 0 Å². The van der Waals surface area contributed by atoms with Crippen LogP contribution < -0.4 is 49.1 Å². The molecule has 0 fully saturated rings. The topological polar surface area (TPSA) is 251 Å². The highest BCUT2D eigenvalue weighted by atomic mass is 32.1. The number of allylic oxidation sites excluding steroid dienone is 1. The smallest absolute Gasteiger partial charge is 0.244 e. The lowest BCUT2D eigenvalue weighted by atomic mass is 10.0. The number of likely N-dealkylation sites (N-methyl/N-ethyl adjacent to an activating group) is 1. The van der Waals surface area contributed by atoms with Gasteiger partial charge in [-0.1, -0.05) is 51.5 Å². The number of hydrogen-bond donors (Lipinski definition) is 11. The van der Waals surface area contributed by atoms with Crippen molar-refractivity contribution in [3.05, 3.63) is 48.3 Å². The van der Waals surface area contributed by atoms with E-state index in [0.717, 1.165) is 16.5 Å². The first-order valence-electron chi connectivity index (χ1n) is 17.8. The lowest BCUT2D eigenvalue weighted by Crippen LogP contribution is -2.53. The molecule has 2 aromatic rings. The number of amides is 5. The van der Waals surface area contributed by atoms with Gasteiger partial charge in [0.1, 0.15) is 12.1 Å². The van der Waals surface area contributed by atoms with Crippen LogP contribution in [0.25, 0.3) is 10.9 Å².